The van der Waals surface area contributed by atoms with Crippen LogP contribution in [0.15, 0.2) is 0 Å². The molecule has 11 heavy (non-hydrogen) atoms. The molecule has 5 heteroatoms. The second kappa shape index (κ2) is 10.5. The first-order valence-corrected chi connectivity index (χ1v) is 3.75. The van der Waals surface area contributed by atoms with Crippen molar-refractivity contribution < 1.29 is 35.0 Å². The normalized spacial score (nSPS) is 9.00. The maximum atomic E-state index is 8.24. The molecule has 0 fully saturated rings. The molecule has 2 N–H and O–H groups in total. The first-order valence-electron chi connectivity index (χ1n) is 3.75. The molecule has 0 heterocycles. The largest absolute Gasteiger partial charge is 1.00 e. The third kappa shape index (κ3) is 13.5. The van der Waals surface area contributed by atoms with Crippen molar-refractivity contribution in [1.29, 1.82) is 0 Å². The first kappa shape index (κ1) is 14.1. The van der Waals surface area contributed by atoms with Crippen LogP contribution in [0.1, 0.15) is 34.0 Å². The SMILES string of the molecule is CCCCCCOB(O)O.[H-].[Li+]. The van der Waals surface area contributed by atoms with E-state index in [9.17, 15) is 0 Å². The van der Waals surface area contributed by atoms with E-state index in [4.69, 9.17) is 10.0 Å². The predicted molar refractivity (Wildman–Crippen MR) is 41.4 cm³/mol. The fourth-order valence-corrected chi connectivity index (χ4v) is 0.718. The van der Waals surface area contributed by atoms with Gasteiger partial charge in [0.1, 0.15) is 0 Å². The quantitative estimate of drug-likeness (QED) is 0.333. The Hall–Kier alpha value is 0.542. The average molecular weight is 154 g/mol. The van der Waals surface area contributed by atoms with Gasteiger partial charge in [-0.25, -0.2) is 0 Å². The van der Waals surface area contributed by atoms with Gasteiger partial charge in [-0.05, 0) is 6.42 Å². The van der Waals surface area contributed by atoms with Gasteiger partial charge in [0, 0.05) is 6.61 Å². The molecule has 0 radical (unpaired) electrons. The van der Waals surface area contributed by atoms with Crippen molar-refractivity contribution in [3.05, 3.63) is 0 Å². The van der Waals surface area contributed by atoms with Crippen molar-refractivity contribution in [2.24, 2.45) is 0 Å². The topological polar surface area (TPSA) is 49.7 Å². The Balaban J connectivity index is -0.000000405. The summed E-state index contributed by atoms with van der Waals surface area (Å²) in [6.45, 7) is 2.57. The van der Waals surface area contributed by atoms with Gasteiger partial charge in [0.2, 0.25) is 0 Å². The van der Waals surface area contributed by atoms with Gasteiger partial charge >= 0.3 is 26.2 Å². The van der Waals surface area contributed by atoms with Crippen LogP contribution in [-0.4, -0.2) is 24.0 Å². The number of hydrogen-bond donors (Lipinski definition) is 2. The standard InChI is InChI=1S/C6H15BO3.Li.H/c1-2-3-4-5-6-10-7(8)9;;/h8-9H,2-6H2,1H3;;/q;+1;-1. The molecule has 0 aromatic carbocycles. The van der Waals surface area contributed by atoms with E-state index in [0.717, 1.165) is 12.8 Å². The maximum absolute atomic E-state index is 8.24. The molecule has 0 aliphatic rings. The van der Waals surface area contributed by atoms with Crippen molar-refractivity contribution in [3.63, 3.8) is 0 Å². The third-order valence-corrected chi connectivity index (χ3v) is 1.26. The monoisotopic (exact) mass is 154 g/mol. The van der Waals surface area contributed by atoms with Crippen molar-refractivity contribution in [1.82, 2.24) is 0 Å². The zero-order chi connectivity index (χ0) is 7.82. The van der Waals surface area contributed by atoms with E-state index >= 15 is 0 Å². The Morgan fingerprint density at radius 1 is 1.27 bits per heavy atom. The van der Waals surface area contributed by atoms with E-state index in [2.05, 4.69) is 11.6 Å². The van der Waals surface area contributed by atoms with Crippen LogP contribution in [0.3, 0.4) is 0 Å². The van der Waals surface area contributed by atoms with Crippen LogP contribution in [0.4, 0.5) is 0 Å². The first-order chi connectivity index (χ1) is 4.77. The summed E-state index contributed by atoms with van der Waals surface area (Å²) in [7, 11) is -1.60. The van der Waals surface area contributed by atoms with Crippen LogP contribution in [0.25, 0.3) is 0 Å². The molecule has 0 spiro atoms. The van der Waals surface area contributed by atoms with Crippen LogP contribution in [0.2, 0.25) is 0 Å². The van der Waals surface area contributed by atoms with Gasteiger partial charge < -0.3 is 16.1 Å². The van der Waals surface area contributed by atoms with E-state index in [1.54, 1.807) is 0 Å². The van der Waals surface area contributed by atoms with Gasteiger partial charge in [0.15, 0.2) is 0 Å². The van der Waals surface area contributed by atoms with Gasteiger partial charge in [-0.1, -0.05) is 26.2 Å². The molecule has 0 aliphatic heterocycles. The zero-order valence-electron chi connectivity index (χ0n) is 8.42. The van der Waals surface area contributed by atoms with Crippen LogP contribution in [0, 0.1) is 0 Å². The molecule has 0 rings (SSSR count). The molecule has 62 valence electrons. The van der Waals surface area contributed by atoms with Crippen LogP contribution < -0.4 is 18.9 Å². The summed E-state index contributed by atoms with van der Waals surface area (Å²) in [5.41, 5.74) is 0. The molecular formula is C6H16BLiO3. The number of hydrogen-bond acceptors (Lipinski definition) is 3. The van der Waals surface area contributed by atoms with Gasteiger partial charge in [-0.2, -0.15) is 0 Å². The molecule has 0 aliphatic carbocycles. The Bertz CT molecular complexity index is 77.8. The second-order valence-electron chi connectivity index (χ2n) is 2.26. The molecule has 0 aromatic heterocycles. The summed E-state index contributed by atoms with van der Waals surface area (Å²) in [5.74, 6) is 0. The Morgan fingerprint density at radius 2 is 1.91 bits per heavy atom. The van der Waals surface area contributed by atoms with Crippen LogP contribution in [-0.2, 0) is 4.65 Å². The van der Waals surface area contributed by atoms with Crippen LogP contribution >= 0.6 is 0 Å². The number of unbranched alkanes of at least 4 members (excludes halogenated alkanes) is 3. The summed E-state index contributed by atoms with van der Waals surface area (Å²) in [5, 5.41) is 16.5. The van der Waals surface area contributed by atoms with Gasteiger partial charge in [0.05, 0.1) is 0 Å². The van der Waals surface area contributed by atoms with E-state index in [-0.39, 0.29) is 20.3 Å². The van der Waals surface area contributed by atoms with Crippen molar-refractivity contribution in [2.75, 3.05) is 6.61 Å². The van der Waals surface area contributed by atoms with Gasteiger partial charge in [-0.15, -0.1) is 0 Å². The van der Waals surface area contributed by atoms with Crippen LogP contribution in [0.5, 0.6) is 0 Å². The summed E-state index contributed by atoms with van der Waals surface area (Å²) >= 11 is 0. The minimum Gasteiger partial charge on any atom is -1.00 e. The summed E-state index contributed by atoms with van der Waals surface area (Å²) in [6, 6.07) is 0. The summed E-state index contributed by atoms with van der Waals surface area (Å²) in [6.07, 6.45) is 4.38. The number of rotatable bonds is 6. The van der Waals surface area contributed by atoms with E-state index in [0.29, 0.717) is 6.61 Å². The van der Waals surface area contributed by atoms with E-state index < -0.39 is 7.32 Å². The summed E-state index contributed by atoms with van der Waals surface area (Å²) in [4.78, 5) is 0. The van der Waals surface area contributed by atoms with Crippen molar-refractivity contribution in [3.8, 4) is 0 Å². The second-order valence-corrected chi connectivity index (χ2v) is 2.26. The Morgan fingerprint density at radius 3 is 2.36 bits per heavy atom. The Labute approximate surface area is 82.0 Å². The molecular weight excluding hydrogens is 138 g/mol. The molecule has 0 saturated carbocycles. The average Bonchev–Trinajstić information content (AvgIpc) is 1.87. The third-order valence-electron chi connectivity index (χ3n) is 1.26. The van der Waals surface area contributed by atoms with Crippen molar-refractivity contribution in [2.45, 2.75) is 32.6 Å². The fourth-order valence-electron chi connectivity index (χ4n) is 0.718. The minimum absolute atomic E-state index is 0. The Kier molecular flexibility index (Phi) is 13.5. The smallest absolute Gasteiger partial charge is 1.00 e. The minimum atomic E-state index is -1.60. The summed E-state index contributed by atoms with van der Waals surface area (Å²) < 4.78 is 4.50. The predicted octanol–water partition coefficient (Wildman–Crippen LogP) is -2.33. The maximum Gasteiger partial charge on any atom is 1.00 e. The molecule has 0 atom stereocenters. The van der Waals surface area contributed by atoms with Gasteiger partial charge in [0.25, 0.3) is 0 Å². The van der Waals surface area contributed by atoms with E-state index in [1.165, 1.54) is 12.8 Å². The molecule has 3 nitrogen and oxygen atoms in total. The van der Waals surface area contributed by atoms with E-state index in [1.807, 2.05) is 0 Å². The molecule has 0 aromatic rings. The zero-order valence-corrected chi connectivity index (χ0v) is 7.42. The molecule has 0 saturated heterocycles. The van der Waals surface area contributed by atoms with Gasteiger partial charge in [-0.3, -0.25) is 0 Å². The molecule has 0 unspecified atom stereocenters. The molecule has 0 amide bonds. The van der Waals surface area contributed by atoms with Crippen molar-refractivity contribution >= 4 is 7.32 Å². The fraction of sp³-hybridized carbons (Fsp3) is 1.00. The molecule has 0 bridgehead atoms.